The molecule has 0 aliphatic carbocycles. The molecule has 2 bridgehead atoms. The van der Waals surface area contributed by atoms with Gasteiger partial charge in [-0.2, -0.15) is 5.10 Å². The first-order valence-electron chi connectivity index (χ1n) is 8.66. The molecule has 0 unspecified atom stereocenters. The monoisotopic (exact) mass is 337 g/mol. The van der Waals surface area contributed by atoms with Gasteiger partial charge in [0.05, 0.1) is 5.52 Å². The van der Waals surface area contributed by atoms with Gasteiger partial charge in [-0.3, -0.25) is 15.0 Å². The number of H-pyrrole nitrogens is 2. The van der Waals surface area contributed by atoms with Gasteiger partial charge in [-0.15, -0.1) is 5.10 Å². The van der Waals surface area contributed by atoms with Crippen LogP contribution in [0.15, 0.2) is 24.4 Å². The Balaban J connectivity index is 1.40. The number of nitrogens with one attached hydrogen (secondary N) is 3. The quantitative estimate of drug-likeness (QED) is 0.666. The number of hydrogen-bond donors (Lipinski definition) is 3. The topological polar surface area (TPSA) is 103 Å². The fraction of sp³-hybridized carbons (Fsp3) is 0.412. The third-order valence-electron chi connectivity index (χ3n) is 5.46. The SMILES string of the molecule is O=C(N[C@@H]1CN2CCC1CC2)c1n[nH]c2cc(-c3c[nH]nn3)ccc12. The van der Waals surface area contributed by atoms with Gasteiger partial charge in [0.2, 0.25) is 0 Å². The standard InChI is InChI=1S/C17H19N7O/c25-17(19-15-9-24-5-3-10(15)4-6-24)16-12-2-1-11(7-13(12)20-22-16)14-8-18-23-21-14/h1-2,7-8,10,15H,3-6,9H2,(H,19,25)(H,20,22)(H,18,21,23)/t15-/m1/s1. The highest BCUT2D eigenvalue weighted by Crippen LogP contribution is 2.28. The molecule has 6 rings (SSSR count). The summed E-state index contributed by atoms with van der Waals surface area (Å²) in [5.74, 6) is 0.497. The van der Waals surface area contributed by atoms with Crippen molar-refractivity contribution >= 4 is 16.8 Å². The van der Waals surface area contributed by atoms with Crippen LogP contribution >= 0.6 is 0 Å². The summed E-state index contributed by atoms with van der Waals surface area (Å²) in [5, 5.41) is 21.7. The largest absolute Gasteiger partial charge is 0.346 e. The van der Waals surface area contributed by atoms with Gasteiger partial charge in [-0.25, -0.2) is 0 Å². The minimum absolute atomic E-state index is 0.0980. The Morgan fingerprint density at radius 1 is 1.28 bits per heavy atom. The Labute approximate surface area is 144 Å². The maximum atomic E-state index is 12.7. The molecule has 1 aromatic carbocycles. The van der Waals surface area contributed by atoms with Crippen LogP contribution in [0.5, 0.6) is 0 Å². The van der Waals surface area contributed by atoms with E-state index >= 15 is 0 Å². The van der Waals surface area contributed by atoms with Gasteiger partial charge in [0.1, 0.15) is 5.69 Å². The maximum Gasteiger partial charge on any atom is 0.272 e. The summed E-state index contributed by atoms with van der Waals surface area (Å²) in [4.78, 5) is 15.2. The summed E-state index contributed by atoms with van der Waals surface area (Å²) in [7, 11) is 0. The Morgan fingerprint density at radius 3 is 2.88 bits per heavy atom. The molecule has 3 aliphatic heterocycles. The molecule has 0 radical (unpaired) electrons. The van der Waals surface area contributed by atoms with Crippen molar-refractivity contribution in [1.82, 2.24) is 35.8 Å². The molecule has 5 heterocycles. The molecular weight excluding hydrogens is 318 g/mol. The number of benzene rings is 1. The van der Waals surface area contributed by atoms with Gasteiger partial charge in [-0.05, 0) is 44.0 Å². The number of nitrogens with zero attached hydrogens (tertiary/aromatic N) is 4. The number of aromatic nitrogens is 5. The van der Waals surface area contributed by atoms with E-state index in [-0.39, 0.29) is 11.9 Å². The first kappa shape index (κ1) is 14.6. The minimum Gasteiger partial charge on any atom is -0.346 e. The zero-order chi connectivity index (χ0) is 16.8. The van der Waals surface area contributed by atoms with Crippen LogP contribution in [0.3, 0.4) is 0 Å². The van der Waals surface area contributed by atoms with Crippen molar-refractivity contribution in [2.75, 3.05) is 19.6 Å². The summed E-state index contributed by atoms with van der Waals surface area (Å²) in [6, 6.07) is 6.01. The van der Waals surface area contributed by atoms with E-state index in [0.29, 0.717) is 11.6 Å². The molecule has 2 aromatic heterocycles. The van der Waals surface area contributed by atoms with E-state index in [1.54, 1.807) is 6.20 Å². The van der Waals surface area contributed by atoms with Crippen LogP contribution in [-0.2, 0) is 0 Å². The van der Waals surface area contributed by atoms with Gasteiger partial charge >= 0.3 is 0 Å². The number of hydrogen-bond acceptors (Lipinski definition) is 5. The second-order valence-corrected chi connectivity index (χ2v) is 6.91. The van der Waals surface area contributed by atoms with Crippen molar-refractivity contribution in [3.63, 3.8) is 0 Å². The Kier molecular flexibility index (Phi) is 3.30. The Hall–Kier alpha value is -2.74. The highest BCUT2D eigenvalue weighted by atomic mass is 16.2. The molecule has 1 atom stereocenters. The summed E-state index contributed by atoms with van der Waals surface area (Å²) >= 11 is 0. The van der Waals surface area contributed by atoms with E-state index in [1.807, 2.05) is 18.2 Å². The molecule has 3 aliphatic rings. The van der Waals surface area contributed by atoms with E-state index in [1.165, 1.54) is 12.8 Å². The molecule has 8 nitrogen and oxygen atoms in total. The molecule has 3 saturated heterocycles. The lowest BCUT2D eigenvalue weighted by Crippen LogP contribution is -2.57. The van der Waals surface area contributed by atoms with Gasteiger partial charge in [0, 0.05) is 29.7 Å². The molecular formula is C17H19N7O. The number of rotatable bonds is 3. The average molecular weight is 337 g/mol. The molecule has 0 saturated carbocycles. The molecule has 25 heavy (non-hydrogen) atoms. The van der Waals surface area contributed by atoms with Gasteiger partial charge in [0.25, 0.3) is 5.91 Å². The molecule has 3 aromatic rings. The molecule has 3 fully saturated rings. The average Bonchev–Trinajstić information content (AvgIpc) is 3.32. The predicted octanol–water partition coefficient (Wildman–Crippen LogP) is 1.17. The third kappa shape index (κ3) is 2.49. The van der Waals surface area contributed by atoms with Crippen molar-refractivity contribution in [1.29, 1.82) is 0 Å². The van der Waals surface area contributed by atoms with Crippen LogP contribution in [-0.4, -0.2) is 62.1 Å². The molecule has 1 amide bonds. The van der Waals surface area contributed by atoms with Crippen molar-refractivity contribution in [2.24, 2.45) is 5.92 Å². The van der Waals surface area contributed by atoms with Crippen molar-refractivity contribution < 1.29 is 4.79 Å². The van der Waals surface area contributed by atoms with Gasteiger partial charge in [-0.1, -0.05) is 11.3 Å². The number of piperidine rings is 3. The maximum absolute atomic E-state index is 12.7. The summed E-state index contributed by atoms with van der Waals surface area (Å²) < 4.78 is 0. The molecule has 3 N–H and O–H groups in total. The fourth-order valence-electron chi connectivity index (χ4n) is 4.06. The lowest BCUT2D eigenvalue weighted by Gasteiger charge is -2.44. The Bertz CT molecular complexity index is 908. The predicted molar refractivity (Wildman–Crippen MR) is 91.9 cm³/mol. The van der Waals surface area contributed by atoms with E-state index in [4.69, 9.17) is 0 Å². The van der Waals surface area contributed by atoms with Crippen LogP contribution in [0, 0.1) is 5.92 Å². The third-order valence-corrected chi connectivity index (χ3v) is 5.46. The normalized spacial score (nSPS) is 25.4. The zero-order valence-electron chi connectivity index (χ0n) is 13.7. The number of amides is 1. The summed E-state index contributed by atoms with van der Waals surface area (Å²) in [6.45, 7) is 3.27. The lowest BCUT2D eigenvalue weighted by molar-refractivity contribution is 0.0618. The lowest BCUT2D eigenvalue weighted by atomic mass is 9.84. The van der Waals surface area contributed by atoms with E-state index in [0.717, 1.165) is 41.8 Å². The van der Waals surface area contributed by atoms with Crippen LogP contribution in [0.4, 0.5) is 0 Å². The first-order valence-corrected chi connectivity index (χ1v) is 8.66. The second kappa shape index (κ2) is 5.66. The van der Waals surface area contributed by atoms with E-state index in [2.05, 4.69) is 35.8 Å². The number of fused-ring (bicyclic) bond motifs is 4. The van der Waals surface area contributed by atoms with E-state index in [9.17, 15) is 4.79 Å². The van der Waals surface area contributed by atoms with Crippen LogP contribution < -0.4 is 5.32 Å². The van der Waals surface area contributed by atoms with Gasteiger partial charge < -0.3 is 10.2 Å². The van der Waals surface area contributed by atoms with Crippen LogP contribution in [0.25, 0.3) is 22.2 Å². The first-order chi connectivity index (χ1) is 12.3. The highest BCUT2D eigenvalue weighted by Gasteiger charge is 2.35. The fourth-order valence-corrected chi connectivity index (χ4v) is 4.06. The number of carbonyl (C=O) groups excluding carboxylic acids is 1. The van der Waals surface area contributed by atoms with Crippen molar-refractivity contribution in [3.8, 4) is 11.3 Å². The molecule has 128 valence electrons. The number of aromatic amines is 2. The molecule has 8 heteroatoms. The van der Waals surface area contributed by atoms with E-state index < -0.39 is 0 Å². The van der Waals surface area contributed by atoms with Crippen LogP contribution in [0.1, 0.15) is 23.3 Å². The zero-order valence-corrected chi connectivity index (χ0v) is 13.7. The van der Waals surface area contributed by atoms with Crippen LogP contribution in [0.2, 0.25) is 0 Å². The second-order valence-electron chi connectivity index (χ2n) is 6.91. The minimum atomic E-state index is -0.0980. The smallest absolute Gasteiger partial charge is 0.272 e. The number of carbonyl (C=O) groups is 1. The molecule has 0 spiro atoms. The van der Waals surface area contributed by atoms with Crippen molar-refractivity contribution in [3.05, 3.63) is 30.1 Å². The highest BCUT2D eigenvalue weighted by molar-refractivity contribution is 6.05. The van der Waals surface area contributed by atoms with Gasteiger partial charge in [0.15, 0.2) is 5.69 Å². The Morgan fingerprint density at radius 2 is 2.16 bits per heavy atom. The summed E-state index contributed by atoms with van der Waals surface area (Å²) in [5.41, 5.74) is 2.96. The summed E-state index contributed by atoms with van der Waals surface area (Å²) in [6.07, 6.45) is 4.08. The van der Waals surface area contributed by atoms with Crippen molar-refractivity contribution in [2.45, 2.75) is 18.9 Å².